The zero-order chi connectivity index (χ0) is 22.8. The number of nitrogens with one attached hydrogen (secondary N) is 1. The van der Waals surface area contributed by atoms with Gasteiger partial charge in [-0.1, -0.05) is 93.7 Å². The molecule has 1 atom stereocenters. The van der Waals surface area contributed by atoms with Gasteiger partial charge in [0.1, 0.15) is 0 Å². The Balaban J connectivity index is 3.46. The quantitative estimate of drug-likeness (QED) is 0.126. The van der Waals surface area contributed by atoms with E-state index < -0.39 is 6.10 Å². The minimum absolute atomic E-state index is 0.395. The van der Waals surface area contributed by atoms with Crippen molar-refractivity contribution in [3.8, 4) is 0 Å². The highest BCUT2D eigenvalue weighted by atomic mass is 16.5. The summed E-state index contributed by atoms with van der Waals surface area (Å²) in [7, 11) is 0. The highest BCUT2D eigenvalue weighted by molar-refractivity contribution is 5.05. The molecule has 3 heteroatoms. The van der Waals surface area contributed by atoms with Gasteiger partial charge in [-0.15, -0.1) is 0 Å². The van der Waals surface area contributed by atoms with E-state index in [4.69, 9.17) is 4.74 Å². The average Bonchev–Trinajstić information content (AvgIpc) is 2.75. The molecule has 0 radical (unpaired) electrons. The minimum Gasteiger partial charge on any atom is -0.389 e. The average molecular weight is 430 g/mol. The van der Waals surface area contributed by atoms with E-state index >= 15 is 0 Å². The molecule has 0 heterocycles. The van der Waals surface area contributed by atoms with Gasteiger partial charge in [0.2, 0.25) is 0 Å². The predicted molar refractivity (Wildman–Crippen MR) is 137 cm³/mol. The van der Waals surface area contributed by atoms with Gasteiger partial charge in [0.25, 0.3) is 0 Å². The van der Waals surface area contributed by atoms with E-state index in [-0.39, 0.29) is 0 Å². The maximum atomic E-state index is 9.75. The number of ether oxygens (including phenoxy) is 1. The number of rotatable bonds is 20. The molecule has 0 fully saturated rings. The number of hydrogen-bond acceptors (Lipinski definition) is 3. The zero-order valence-corrected chi connectivity index (χ0v) is 20.2. The van der Waals surface area contributed by atoms with E-state index in [1.807, 2.05) is 0 Å². The van der Waals surface area contributed by atoms with Gasteiger partial charge in [-0.05, 0) is 51.4 Å². The van der Waals surface area contributed by atoms with Crippen LogP contribution in [0.1, 0.15) is 72.1 Å². The van der Waals surface area contributed by atoms with Crippen molar-refractivity contribution in [3.63, 3.8) is 0 Å². The molecule has 0 saturated heterocycles. The zero-order valence-electron chi connectivity index (χ0n) is 20.2. The summed E-state index contributed by atoms with van der Waals surface area (Å²) in [6.45, 7) is 8.02. The van der Waals surface area contributed by atoms with Crippen molar-refractivity contribution in [2.45, 2.75) is 84.3 Å². The molecule has 0 aliphatic carbocycles. The maximum Gasteiger partial charge on any atom is 0.0897 e. The lowest BCUT2D eigenvalue weighted by Crippen LogP contribution is -2.34. The Kier molecular flexibility index (Phi) is 23.3. The van der Waals surface area contributed by atoms with Crippen LogP contribution in [0.4, 0.5) is 0 Å². The molecule has 0 aromatic carbocycles. The number of unbranched alkanes of at least 4 members (excludes halogenated alkanes) is 2. The van der Waals surface area contributed by atoms with Crippen LogP contribution in [-0.2, 0) is 4.74 Å². The van der Waals surface area contributed by atoms with Gasteiger partial charge >= 0.3 is 0 Å². The third-order valence-electron chi connectivity index (χ3n) is 4.36. The lowest BCUT2D eigenvalue weighted by Gasteiger charge is -2.14. The van der Waals surface area contributed by atoms with E-state index in [2.05, 4.69) is 99.0 Å². The lowest BCUT2D eigenvalue weighted by atomic mass is 10.2. The van der Waals surface area contributed by atoms with Gasteiger partial charge in [-0.3, -0.25) is 0 Å². The molecular formula is C28H47NO2. The van der Waals surface area contributed by atoms with E-state index in [1.54, 1.807) is 0 Å². The molecule has 0 spiro atoms. The van der Waals surface area contributed by atoms with Gasteiger partial charge in [-0.25, -0.2) is 0 Å². The van der Waals surface area contributed by atoms with Crippen molar-refractivity contribution in [1.82, 2.24) is 5.32 Å². The first kappa shape index (κ1) is 29.3. The molecule has 0 aliphatic rings. The van der Waals surface area contributed by atoms with Crippen molar-refractivity contribution in [2.75, 3.05) is 19.8 Å². The van der Waals surface area contributed by atoms with Crippen molar-refractivity contribution in [2.24, 2.45) is 0 Å². The summed E-state index contributed by atoms with van der Waals surface area (Å²) in [6.07, 6.45) is 34.3. The Labute approximate surface area is 192 Å². The van der Waals surface area contributed by atoms with Crippen molar-refractivity contribution >= 4 is 0 Å². The van der Waals surface area contributed by atoms with E-state index in [0.29, 0.717) is 19.2 Å². The number of aliphatic hydroxyl groups excluding tert-OH is 1. The van der Waals surface area contributed by atoms with E-state index in [0.717, 1.165) is 58.0 Å². The van der Waals surface area contributed by atoms with Gasteiger partial charge in [-0.2, -0.15) is 0 Å². The Hall–Kier alpha value is -1.68. The Morgan fingerprint density at radius 3 is 1.87 bits per heavy atom. The third-order valence-corrected chi connectivity index (χ3v) is 4.36. The van der Waals surface area contributed by atoms with Crippen LogP contribution in [-0.4, -0.2) is 37.0 Å². The van der Waals surface area contributed by atoms with Crippen molar-refractivity contribution in [1.29, 1.82) is 0 Å². The molecule has 0 aromatic heterocycles. The van der Waals surface area contributed by atoms with Crippen LogP contribution in [0.25, 0.3) is 0 Å². The van der Waals surface area contributed by atoms with Crippen molar-refractivity contribution in [3.05, 3.63) is 72.9 Å². The summed E-state index contributed by atoms with van der Waals surface area (Å²) in [5, 5.41) is 13.0. The van der Waals surface area contributed by atoms with Crippen LogP contribution in [0.15, 0.2) is 72.9 Å². The van der Waals surface area contributed by atoms with Crippen LogP contribution >= 0.6 is 0 Å². The summed E-state index contributed by atoms with van der Waals surface area (Å²) in [4.78, 5) is 0. The Bertz CT molecular complexity index is 541. The first-order chi connectivity index (χ1) is 15.2. The summed E-state index contributed by atoms with van der Waals surface area (Å²) < 4.78 is 5.52. The molecule has 3 nitrogen and oxygen atoms in total. The van der Waals surface area contributed by atoms with Gasteiger partial charge in [0, 0.05) is 19.2 Å². The summed E-state index contributed by atoms with van der Waals surface area (Å²) in [6, 6.07) is 0.395. The SMILES string of the molecule is CC/C=C\C=C/C/C=C\C/C=C\C/C=C\C/C=C\CCCCOCC(O)CNC(C)C. The molecule has 0 aliphatic heterocycles. The monoisotopic (exact) mass is 429 g/mol. The molecule has 0 saturated carbocycles. The van der Waals surface area contributed by atoms with Gasteiger partial charge < -0.3 is 15.2 Å². The Morgan fingerprint density at radius 2 is 1.29 bits per heavy atom. The second kappa shape index (κ2) is 24.6. The first-order valence-electron chi connectivity index (χ1n) is 12.1. The topological polar surface area (TPSA) is 41.5 Å². The third kappa shape index (κ3) is 26.3. The number of aliphatic hydroxyl groups is 1. The highest BCUT2D eigenvalue weighted by Crippen LogP contribution is 2.00. The largest absolute Gasteiger partial charge is 0.389 e. The summed E-state index contributed by atoms with van der Waals surface area (Å²) in [5.74, 6) is 0. The molecule has 0 rings (SSSR count). The maximum absolute atomic E-state index is 9.75. The van der Waals surface area contributed by atoms with E-state index in [9.17, 15) is 5.11 Å². The standard InChI is InChI=1S/C28H47NO2/c1-4-5-6-7-8-9-10-11-12-13-14-15-16-17-18-19-20-21-22-23-24-31-26-28(30)25-29-27(2)3/h5-8,10-11,13-14,16-17,19-20,27-30H,4,9,12,15,18,21-26H2,1-3H3/b6-5-,8-7-,11-10-,14-13-,17-16-,20-19-. The second-order valence-electron chi connectivity index (χ2n) is 7.88. The number of allylic oxidation sites excluding steroid dienone is 12. The van der Waals surface area contributed by atoms with Crippen molar-refractivity contribution < 1.29 is 9.84 Å². The normalized spacial score (nSPS) is 14.2. The first-order valence-corrected chi connectivity index (χ1v) is 12.1. The fraction of sp³-hybridized carbons (Fsp3) is 0.571. The summed E-state index contributed by atoms with van der Waals surface area (Å²) in [5.41, 5.74) is 0. The summed E-state index contributed by atoms with van der Waals surface area (Å²) >= 11 is 0. The van der Waals surface area contributed by atoms with Crippen LogP contribution < -0.4 is 5.32 Å². The molecule has 0 aromatic rings. The molecular weight excluding hydrogens is 382 g/mol. The lowest BCUT2D eigenvalue weighted by molar-refractivity contribution is 0.0348. The molecule has 2 N–H and O–H groups in total. The van der Waals surface area contributed by atoms with Gasteiger partial charge in [0.05, 0.1) is 12.7 Å². The molecule has 0 amide bonds. The molecule has 176 valence electrons. The van der Waals surface area contributed by atoms with Crippen LogP contribution in [0.2, 0.25) is 0 Å². The second-order valence-corrected chi connectivity index (χ2v) is 7.88. The minimum atomic E-state index is -0.416. The van der Waals surface area contributed by atoms with Gasteiger partial charge in [0.15, 0.2) is 0 Å². The van der Waals surface area contributed by atoms with Crippen LogP contribution in [0.3, 0.4) is 0 Å². The molecule has 1 unspecified atom stereocenters. The predicted octanol–water partition coefficient (Wildman–Crippen LogP) is 6.84. The fourth-order valence-corrected chi connectivity index (χ4v) is 2.59. The molecule has 31 heavy (non-hydrogen) atoms. The number of hydrogen-bond donors (Lipinski definition) is 2. The Morgan fingerprint density at radius 1 is 0.742 bits per heavy atom. The van der Waals surface area contributed by atoms with Crippen LogP contribution in [0.5, 0.6) is 0 Å². The fourth-order valence-electron chi connectivity index (χ4n) is 2.59. The van der Waals surface area contributed by atoms with E-state index in [1.165, 1.54) is 0 Å². The molecule has 0 bridgehead atoms. The smallest absolute Gasteiger partial charge is 0.0897 e. The van der Waals surface area contributed by atoms with Crippen LogP contribution in [0, 0.1) is 0 Å². The highest BCUT2D eigenvalue weighted by Gasteiger charge is 2.04.